The predicted octanol–water partition coefficient (Wildman–Crippen LogP) is 5.45. The van der Waals surface area contributed by atoms with Crippen LogP contribution in [0.3, 0.4) is 0 Å². The van der Waals surface area contributed by atoms with Gasteiger partial charge in [0.2, 0.25) is 11.4 Å². The summed E-state index contributed by atoms with van der Waals surface area (Å²) in [6.07, 6.45) is 3.88. The summed E-state index contributed by atoms with van der Waals surface area (Å²) in [4.78, 5) is 4.41. The van der Waals surface area contributed by atoms with Gasteiger partial charge in [0.05, 0.1) is 5.56 Å². The highest BCUT2D eigenvalue weighted by molar-refractivity contribution is 6.09. The summed E-state index contributed by atoms with van der Waals surface area (Å²) >= 11 is 0. The highest BCUT2D eigenvalue weighted by Crippen LogP contribution is 2.36. The Balaban J connectivity index is 1.80. The molecule has 0 fully saturated rings. The van der Waals surface area contributed by atoms with E-state index in [1.807, 2.05) is 12.1 Å². The number of fused-ring (bicyclic) bond motifs is 3. The van der Waals surface area contributed by atoms with Gasteiger partial charge in [-0.1, -0.05) is 36.4 Å². The van der Waals surface area contributed by atoms with Crippen LogP contribution in [0.5, 0.6) is 0 Å². The van der Waals surface area contributed by atoms with Gasteiger partial charge in [-0.05, 0) is 41.8 Å². The van der Waals surface area contributed by atoms with E-state index in [0.29, 0.717) is 5.71 Å². The fraction of sp³-hybridized carbons (Fsp3) is 0.0833. The Hall–Kier alpha value is -3.46. The summed E-state index contributed by atoms with van der Waals surface area (Å²) in [5.41, 5.74) is 7.35. The van der Waals surface area contributed by atoms with Gasteiger partial charge in [0.25, 0.3) is 0 Å². The molecule has 0 saturated carbocycles. The van der Waals surface area contributed by atoms with E-state index >= 15 is 0 Å². The van der Waals surface area contributed by atoms with E-state index in [9.17, 15) is 0 Å². The normalized spacial score (nSPS) is 11.3. The Morgan fingerprint density at radius 2 is 1.74 bits per heavy atom. The third-order valence-electron chi connectivity index (χ3n) is 5.14. The zero-order chi connectivity index (χ0) is 18.4. The van der Waals surface area contributed by atoms with Gasteiger partial charge in [0.15, 0.2) is 11.8 Å². The molecule has 5 rings (SSSR count). The largest absolute Gasteiger partial charge is 0.437 e. The second kappa shape index (κ2) is 6.06. The van der Waals surface area contributed by atoms with Crippen molar-refractivity contribution in [3.63, 3.8) is 0 Å². The van der Waals surface area contributed by atoms with Crippen molar-refractivity contribution < 1.29 is 8.98 Å². The molecule has 0 amide bonds. The molecule has 0 spiro atoms. The number of nitrogens with zero attached hydrogens (tertiary/aromatic N) is 2. The molecule has 2 aromatic carbocycles. The van der Waals surface area contributed by atoms with Crippen LogP contribution in [0.4, 0.5) is 0 Å². The van der Waals surface area contributed by atoms with Crippen LogP contribution >= 0.6 is 0 Å². The van der Waals surface area contributed by atoms with Gasteiger partial charge < -0.3 is 4.42 Å². The topological polar surface area (TPSA) is 29.9 Å². The molecule has 0 N–H and O–H groups in total. The van der Waals surface area contributed by atoms with Crippen molar-refractivity contribution in [3.8, 4) is 22.4 Å². The van der Waals surface area contributed by atoms with Crippen LogP contribution in [0.2, 0.25) is 0 Å². The second-order valence-corrected chi connectivity index (χ2v) is 6.87. The van der Waals surface area contributed by atoms with Crippen molar-refractivity contribution in [3.05, 3.63) is 84.7 Å². The van der Waals surface area contributed by atoms with Gasteiger partial charge >= 0.3 is 0 Å². The van der Waals surface area contributed by atoms with Gasteiger partial charge in [-0.2, -0.15) is 0 Å². The van der Waals surface area contributed by atoms with E-state index in [1.54, 1.807) is 6.20 Å². The smallest absolute Gasteiger partial charge is 0.227 e. The number of aromatic nitrogens is 2. The van der Waals surface area contributed by atoms with E-state index in [0.717, 1.165) is 27.6 Å². The fourth-order valence-electron chi connectivity index (χ4n) is 3.73. The third-order valence-corrected chi connectivity index (χ3v) is 5.14. The number of aryl methyl sites for hydroxylation is 2. The minimum Gasteiger partial charge on any atom is -0.437 e. The molecule has 0 bridgehead atoms. The molecule has 0 aliphatic rings. The molecule has 0 unspecified atom stereocenters. The quantitative estimate of drug-likeness (QED) is 0.396. The molecule has 3 aromatic heterocycles. The third kappa shape index (κ3) is 2.51. The molecular weight excluding hydrogens is 332 g/mol. The van der Waals surface area contributed by atoms with Crippen molar-refractivity contribution in [2.45, 2.75) is 6.92 Å². The standard InChI is InChI=1S/C24H19N2O/c1-16-10-11-19(23-22(16)20-9-6-13-25-24(20)27-23)21-15-18(12-14-26(21)2)17-7-4-3-5-8-17/h3-15H,1-2H3/q+1. The van der Waals surface area contributed by atoms with Crippen LogP contribution in [-0.2, 0) is 7.05 Å². The summed E-state index contributed by atoms with van der Waals surface area (Å²) in [6, 6.07) is 23.1. The zero-order valence-corrected chi connectivity index (χ0v) is 15.3. The van der Waals surface area contributed by atoms with Crippen molar-refractivity contribution in [1.82, 2.24) is 4.98 Å². The van der Waals surface area contributed by atoms with Gasteiger partial charge in [-0.3, -0.25) is 0 Å². The molecule has 0 aliphatic heterocycles. The van der Waals surface area contributed by atoms with Crippen molar-refractivity contribution in [1.29, 1.82) is 0 Å². The van der Waals surface area contributed by atoms with Crippen LogP contribution in [0.25, 0.3) is 44.5 Å². The van der Waals surface area contributed by atoms with Crippen LogP contribution < -0.4 is 4.57 Å². The first-order valence-electron chi connectivity index (χ1n) is 9.05. The van der Waals surface area contributed by atoms with Crippen molar-refractivity contribution in [2.75, 3.05) is 0 Å². The summed E-state index contributed by atoms with van der Waals surface area (Å²) in [6.45, 7) is 2.12. The van der Waals surface area contributed by atoms with Gasteiger partial charge in [0, 0.05) is 29.1 Å². The van der Waals surface area contributed by atoms with Gasteiger partial charge in [0.1, 0.15) is 7.05 Å². The first kappa shape index (κ1) is 15.8. The van der Waals surface area contributed by atoms with Crippen molar-refractivity contribution >= 4 is 22.1 Å². The highest BCUT2D eigenvalue weighted by atomic mass is 16.3. The van der Waals surface area contributed by atoms with Gasteiger partial charge in [-0.15, -0.1) is 0 Å². The Morgan fingerprint density at radius 1 is 0.889 bits per heavy atom. The average Bonchev–Trinajstić information content (AvgIpc) is 3.10. The Bertz CT molecular complexity index is 1290. The molecule has 3 nitrogen and oxygen atoms in total. The Morgan fingerprint density at radius 3 is 2.59 bits per heavy atom. The lowest BCUT2D eigenvalue weighted by Gasteiger charge is -2.06. The second-order valence-electron chi connectivity index (χ2n) is 6.87. The SMILES string of the molecule is Cc1ccc(-c2cc(-c3ccccc3)cc[n+]2C)c2oc3ncccc3c12. The first-order valence-corrected chi connectivity index (χ1v) is 9.05. The maximum absolute atomic E-state index is 6.19. The maximum Gasteiger partial charge on any atom is 0.227 e. The molecule has 0 aliphatic carbocycles. The molecule has 3 heteroatoms. The molecule has 5 aromatic rings. The van der Waals surface area contributed by atoms with E-state index in [1.165, 1.54) is 16.7 Å². The van der Waals surface area contributed by atoms with Crippen LogP contribution in [-0.4, -0.2) is 4.98 Å². The number of pyridine rings is 2. The van der Waals surface area contributed by atoms with E-state index < -0.39 is 0 Å². The first-order chi connectivity index (χ1) is 13.2. The number of benzene rings is 2. The summed E-state index contributed by atoms with van der Waals surface area (Å²) in [5, 5.41) is 2.20. The fourth-order valence-corrected chi connectivity index (χ4v) is 3.73. The summed E-state index contributed by atoms with van der Waals surface area (Å²) in [5.74, 6) is 0. The molecule has 0 saturated heterocycles. The molecule has 130 valence electrons. The zero-order valence-electron chi connectivity index (χ0n) is 15.3. The number of furan rings is 1. The lowest BCUT2D eigenvalue weighted by Crippen LogP contribution is -2.30. The molecule has 0 atom stereocenters. The molecule has 3 heterocycles. The minimum absolute atomic E-state index is 0.685. The monoisotopic (exact) mass is 351 g/mol. The van der Waals surface area contributed by atoms with Crippen molar-refractivity contribution in [2.24, 2.45) is 7.05 Å². The molecule has 27 heavy (non-hydrogen) atoms. The Kier molecular flexibility index (Phi) is 3.54. The van der Waals surface area contributed by atoms with E-state index in [4.69, 9.17) is 4.42 Å². The Labute approximate surface area is 157 Å². The maximum atomic E-state index is 6.19. The highest BCUT2D eigenvalue weighted by Gasteiger charge is 2.20. The van der Waals surface area contributed by atoms with Crippen LogP contribution in [0.15, 0.2) is 83.5 Å². The van der Waals surface area contributed by atoms with E-state index in [2.05, 4.69) is 84.3 Å². The molecule has 0 radical (unpaired) electrons. The van der Waals surface area contributed by atoms with Crippen LogP contribution in [0.1, 0.15) is 5.56 Å². The van der Waals surface area contributed by atoms with Gasteiger partial charge in [-0.25, -0.2) is 9.55 Å². The minimum atomic E-state index is 0.685. The summed E-state index contributed by atoms with van der Waals surface area (Å²) in [7, 11) is 2.07. The average molecular weight is 351 g/mol. The number of hydrogen-bond donors (Lipinski definition) is 0. The molecular formula is C24H19N2O+. The lowest BCUT2D eigenvalue weighted by atomic mass is 9.99. The van der Waals surface area contributed by atoms with E-state index in [-0.39, 0.29) is 0 Å². The number of rotatable bonds is 2. The lowest BCUT2D eigenvalue weighted by molar-refractivity contribution is -0.660. The number of hydrogen-bond acceptors (Lipinski definition) is 2. The summed E-state index contributed by atoms with van der Waals surface area (Å²) < 4.78 is 8.33. The predicted molar refractivity (Wildman–Crippen MR) is 108 cm³/mol. The van der Waals surface area contributed by atoms with Crippen LogP contribution in [0, 0.1) is 6.92 Å².